The van der Waals surface area contributed by atoms with Gasteiger partial charge in [0.1, 0.15) is 24.4 Å². The summed E-state index contributed by atoms with van der Waals surface area (Å²) >= 11 is 12.5. The van der Waals surface area contributed by atoms with Crippen LogP contribution in [-0.4, -0.2) is 27.0 Å². The molecule has 5 nitrogen and oxygen atoms in total. The third-order valence-corrected chi connectivity index (χ3v) is 4.74. The molecule has 0 bridgehead atoms. The van der Waals surface area contributed by atoms with Gasteiger partial charge >= 0.3 is 0 Å². The smallest absolute Gasteiger partial charge is 0.142 e. The highest BCUT2D eigenvalue weighted by molar-refractivity contribution is 6.35. The van der Waals surface area contributed by atoms with Gasteiger partial charge in [-0.25, -0.2) is 0 Å². The van der Waals surface area contributed by atoms with Crippen LogP contribution >= 0.6 is 23.2 Å². The lowest BCUT2D eigenvalue weighted by molar-refractivity contribution is -0.122. The molecule has 3 aromatic rings. The van der Waals surface area contributed by atoms with Gasteiger partial charge < -0.3 is 14.4 Å². The zero-order valence-electron chi connectivity index (χ0n) is 13.5. The van der Waals surface area contributed by atoms with Gasteiger partial charge in [-0.05, 0) is 17.7 Å². The van der Waals surface area contributed by atoms with E-state index in [0.29, 0.717) is 21.2 Å². The average molecular weight is 378 g/mol. The number of halogens is 2. The minimum atomic E-state index is -1.15. The Bertz CT molecular complexity index is 828. The topological polar surface area (TPSA) is 60.2 Å². The van der Waals surface area contributed by atoms with Crippen LogP contribution in [0.15, 0.2) is 61.2 Å². The van der Waals surface area contributed by atoms with Crippen molar-refractivity contribution in [1.82, 2.24) is 14.8 Å². The Hall–Kier alpha value is -1.92. The molecule has 0 aliphatic rings. The fraction of sp³-hybridized carbons (Fsp3) is 0.222. The molecule has 7 heteroatoms. The molecule has 0 spiro atoms. The van der Waals surface area contributed by atoms with E-state index in [-0.39, 0.29) is 6.54 Å². The van der Waals surface area contributed by atoms with Crippen LogP contribution in [-0.2, 0) is 16.9 Å². The van der Waals surface area contributed by atoms with Gasteiger partial charge in [-0.2, -0.15) is 0 Å². The molecule has 0 aliphatic carbocycles. The maximum atomic E-state index is 11.2. The van der Waals surface area contributed by atoms with E-state index < -0.39 is 11.7 Å². The molecule has 0 saturated carbocycles. The molecule has 25 heavy (non-hydrogen) atoms. The number of hydrogen-bond acceptors (Lipinski definition) is 4. The Morgan fingerprint density at radius 3 is 2.40 bits per heavy atom. The van der Waals surface area contributed by atoms with Crippen LogP contribution < -0.4 is 0 Å². The first kappa shape index (κ1) is 17.9. The first-order valence-corrected chi connectivity index (χ1v) is 8.38. The average Bonchev–Trinajstić information content (AvgIpc) is 3.13. The van der Waals surface area contributed by atoms with Gasteiger partial charge in [0.05, 0.1) is 6.54 Å². The van der Waals surface area contributed by atoms with Crippen molar-refractivity contribution in [3.05, 3.63) is 82.4 Å². The number of aliphatic hydroxyl groups is 1. The minimum Gasteiger partial charge on any atom is -0.385 e. The van der Waals surface area contributed by atoms with Crippen LogP contribution in [0.1, 0.15) is 17.2 Å². The molecule has 0 fully saturated rings. The summed E-state index contributed by atoms with van der Waals surface area (Å²) in [6.45, 7) is 0.272. The number of benzene rings is 2. The summed E-state index contributed by atoms with van der Waals surface area (Å²) in [5.74, 6) is 0. The fourth-order valence-corrected chi connectivity index (χ4v) is 3.49. The standard InChI is InChI=1S/C18H17Cl2N3O2/c1-25-18(10-23-11-21-22-12-23,15-8-7-14(19)9-16(15)20)17(24)13-5-3-2-4-6-13/h2-9,11-12,17,24H,10H2,1H3. The molecular formula is C18H17Cl2N3O2. The molecule has 0 aliphatic heterocycles. The van der Waals surface area contributed by atoms with Gasteiger partial charge in [-0.15, -0.1) is 10.2 Å². The molecular weight excluding hydrogens is 361 g/mol. The van der Waals surface area contributed by atoms with Gasteiger partial charge in [0.2, 0.25) is 0 Å². The third-order valence-electron chi connectivity index (χ3n) is 4.19. The normalized spacial score (nSPS) is 14.9. The molecule has 2 atom stereocenters. The molecule has 1 N–H and O–H groups in total. The van der Waals surface area contributed by atoms with Crippen LogP contribution in [0, 0.1) is 0 Å². The van der Waals surface area contributed by atoms with Crippen molar-refractivity contribution in [2.24, 2.45) is 0 Å². The molecule has 3 rings (SSSR count). The summed E-state index contributed by atoms with van der Waals surface area (Å²) in [5.41, 5.74) is 0.195. The maximum Gasteiger partial charge on any atom is 0.142 e. The lowest BCUT2D eigenvalue weighted by Gasteiger charge is -2.38. The zero-order valence-corrected chi connectivity index (χ0v) is 15.0. The number of methoxy groups -OCH3 is 1. The van der Waals surface area contributed by atoms with Crippen molar-refractivity contribution in [3.8, 4) is 0 Å². The largest absolute Gasteiger partial charge is 0.385 e. The summed E-state index contributed by atoms with van der Waals surface area (Å²) in [4.78, 5) is 0. The number of nitrogens with zero attached hydrogens (tertiary/aromatic N) is 3. The molecule has 0 saturated heterocycles. The third kappa shape index (κ3) is 3.55. The molecule has 2 aromatic carbocycles. The lowest BCUT2D eigenvalue weighted by atomic mass is 9.83. The number of hydrogen-bond donors (Lipinski definition) is 1. The van der Waals surface area contributed by atoms with Gasteiger partial charge in [-0.3, -0.25) is 0 Å². The van der Waals surface area contributed by atoms with Crippen LogP contribution in [0.25, 0.3) is 0 Å². The zero-order chi connectivity index (χ0) is 17.9. The molecule has 1 aromatic heterocycles. The molecule has 0 radical (unpaired) electrons. The number of aliphatic hydroxyl groups excluding tert-OH is 1. The molecule has 2 unspecified atom stereocenters. The van der Waals surface area contributed by atoms with Crippen molar-refractivity contribution >= 4 is 23.2 Å². The Kier molecular flexibility index (Phi) is 5.39. The second-order valence-corrected chi connectivity index (χ2v) is 6.51. The van der Waals surface area contributed by atoms with Gasteiger partial charge in [0, 0.05) is 22.7 Å². The van der Waals surface area contributed by atoms with E-state index in [2.05, 4.69) is 10.2 Å². The second-order valence-electron chi connectivity index (χ2n) is 5.67. The van der Waals surface area contributed by atoms with Crippen LogP contribution in [0.5, 0.6) is 0 Å². The van der Waals surface area contributed by atoms with E-state index in [4.69, 9.17) is 27.9 Å². The molecule has 1 heterocycles. The number of aromatic nitrogens is 3. The van der Waals surface area contributed by atoms with E-state index in [0.717, 1.165) is 0 Å². The van der Waals surface area contributed by atoms with Crippen molar-refractivity contribution in [3.63, 3.8) is 0 Å². The summed E-state index contributed by atoms with van der Waals surface area (Å²) < 4.78 is 7.62. The maximum absolute atomic E-state index is 11.2. The minimum absolute atomic E-state index is 0.272. The Balaban J connectivity index is 2.15. The first-order chi connectivity index (χ1) is 12.1. The Labute approximate surface area is 155 Å². The van der Waals surface area contributed by atoms with E-state index in [1.165, 1.54) is 0 Å². The van der Waals surface area contributed by atoms with Crippen molar-refractivity contribution in [2.75, 3.05) is 7.11 Å². The van der Waals surface area contributed by atoms with Gasteiger partial charge in [0.15, 0.2) is 0 Å². The Morgan fingerprint density at radius 1 is 1.12 bits per heavy atom. The molecule has 130 valence electrons. The molecule has 0 amide bonds. The summed E-state index contributed by atoms with van der Waals surface area (Å²) in [5, 5.41) is 19.8. The van der Waals surface area contributed by atoms with E-state index in [9.17, 15) is 5.11 Å². The van der Waals surface area contributed by atoms with Crippen LogP contribution in [0.3, 0.4) is 0 Å². The predicted octanol–water partition coefficient (Wildman–Crippen LogP) is 3.86. The van der Waals surface area contributed by atoms with E-state index in [1.807, 2.05) is 30.3 Å². The predicted molar refractivity (Wildman–Crippen MR) is 96.6 cm³/mol. The first-order valence-electron chi connectivity index (χ1n) is 7.63. The summed E-state index contributed by atoms with van der Waals surface area (Å²) in [6.07, 6.45) is 2.16. The number of ether oxygens (including phenoxy) is 1. The van der Waals surface area contributed by atoms with Crippen molar-refractivity contribution < 1.29 is 9.84 Å². The van der Waals surface area contributed by atoms with E-state index >= 15 is 0 Å². The highest BCUT2D eigenvalue weighted by Crippen LogP contribution is 2.43. The van der Waals surface area contributed by atoms with Crippen molar-refractivity contribution in [1.29, 1.82) is 0 Å². The van der Waals surface area contributed by atoms with Crippen LogP contribution in [0.2, 0.25) is 10.0 Å². The monoisotopic (exact) mass is 377 g/mol. The SMILES string of the molecule is COC(Cn1cnnc1)(c1ccc(Cl)cc1Cl)C(O)c1ccccc1. The van der Waals surface area contributed by atoms with E-state index in [1.54, 1.807) is 42.5 Å². The summed E-state index contributed by atoms with van der Waals surface area (Å²) in [6, 6.07) is 14.4. The Morgan fingerprint density at radius 2 is 1.80 bits per heavy atom. The highest BCUT2D eigenvalue weighted by Gasteiger charge is 2.43. The van der Waals surface area contributed by atoms with Crippen molar-refractivity contribution in [2.45, 2.75) is 18.2 Å². The lowest BCUT2D eigenvalue weighted by Crippen LogP contribution is -2.40. The summed E-state index contributed by atoms with van der Waals surface area (Å²) in [7, 11) is 1.54. The second kappa shape index (κ2) is 7.54. The fourth-order valence-electron chi connectivity index (χ4n) is 2.92. The highest BCUT2D eigenvalue weighted by atomic mass is 35.5. The van der Waals surface area contributed by atoms with Crippen LogP contribution in [0.4, 0.5) is 0 Å². The van der Waals surface area contributed by atoms with Gasteiger partial charge in [0.25, 0.3) is 0 Å². The number of rotatable bonds is 6. The van der Waals surface area contributed by atoms with Gasteiger partial charge in [-0.1, -0.05) is 59.6 Å². The quantitative estimate of drug-likeness (QED) is 0.708.